The summed E-state index contributed by atoms with van der Waals surface area (Å²) in [5.41, 5.74) is 2.65. The summed E-state index contributed by atoms with van der Waals surface area (Å²) in [6.45, 7) is 2.46. The Morgan fingerprint density at radius 2 is 2.27 bits per heavy atom. The van der Waals surface area contributed by atoms with Crippen LogP contribution in [0.4, 0.5) is 5.69 Å². The van der Waals surface area contributed by atoms with Gasteiger partial charge < -0.3 is 10.4 Å². The number of hydrogen-bond donors (Lipinski definition) is 2. The SMILES string of the molecule is Cc1ccc(O)c(CNc2ccsc2)n1. The van der Waals surface area contributed by atoms with Crippen LogP contribution in [0.15, 0.2) is 29.0 Å². The van der Waals surface area contributed by atoms with Crippen molar-refractivity contribution in [2.45, 2.75) is 13.5 Å². The van der Waals surface area contributed by atoms with Crippen LogP contribution in [-0.2, 0) is 6.54 Å². The maximum Gasteiger partial charge on any atom is 0.138 e. The van der Waals surface area contributed by atoms with Crippen LogP contribution in [0.25, 0.3) is 0 Å². The van der Waals surface area contributed by atoms with Gasteiger partial charge in [-0.2, -0.15) is 11.3 Å². The number of anilines is 1. The van der Waals surface area contributed by atoms with Gasteiger partial charge in [-0.1, -0.05) is 0 Å². The Morgan fingerprint density at radius 3 is 3.00 bits per heavy atom. The normalized spacial score (nSPS) is 10.2. The molecule has 2 aromatic rings. The second kappa shape index (κ2) is 4.31. The number of thiophene rings is 1. The van der Waals surface area contributed by atoms with Crippen LogP contribution in [0.2, 0.25) is 0 Å². The van der Waals surface area contributed by atoms with Crippen LogP contribution in [0, 0.1) is 6.92 Å². The molecule has 0 aliphatic carbocycles. The molecule has 0 amide bonds. The van der Waals surface area contributed by atoms with Crippen LogP contribution in [0.5, 0.6) is 5.75 Å². The summed E-state index contributed by atoms with van der Waals surface area (Å²) in [5, 5.41) is 16.8. The molecule has 0 fully saturated rings. The molecule has 0 bridgehead atoms. The zero-order valence-electron chi connectivity index (χ0n) is 8.40. The van der Waals surface area contributed by atoms with Crippen LogP contribution in [0.1, 0.15) is 11.4 Å². The van der Waals surface area contributed by atoms with Crippen molar-refractivity contribution in [2.24, 2.45) is 0 Å². The van der Waals surface area contributed by atoms with E-state index in [4.69, 9.17) is 0 Å². The van der Waals surface area contributed by atoms with Crippen LogP contribution in [-0.4, -0.2) is 10.1 Å². The average molecular weight is 220 g/mol. The highest BCUT2D eigenvalue weighted by Crippen LogP contribution is 2.17. The fourth-order valence-corrected chi connectivity index (χ4v) is 1.90. The van der Waals surface area contributed by atoms with Gasteiger partial charge in [0.1, 0.15) is 11.4 Å². The molecule has 0 atom stereocenters. The van der Waals surface area contributed by atoms with Crippen molar-refractivity contribution >= 4 is 17.0 Å². The Kier molecular flexibility index (Phi) is 2.87. The summed E-state index contributed by atoms with van der Waals surface area (Å²) in [6, 6.07) is 5.47. The third kappa shape index (κ3) is 2.47. The van der Waals surface area contributed by atoms with Crippen LogP contribution >= 0.6 is 11.3 Å². The molecule has 3 nitrogen and oxygen atoms in total. The first-order chi connectivity index (χ1) is 7.25. The van der Waals surface area contributed by atoms with Gasteiger partial charge in [0.2, 0.25) is 0 Å². The smallest absolute Gasteiger partial charge is 0.138 e. The predicted octanol–water partition coefficient (Wildman–Crippen LogP) is 2.77. The van der Waals surface area contributed by atoms with Gasteiger partial charge >= 0.3 is 0 Å². The molecule has 2 N–H and O–H groups in total. The Labute approximate surface area is 92.4 Å². The first-order valence-electron chi connectivity index (χ1n) is 4.67. The van der Waals surface area contributed by atoms with E-state index in [1.807, 2.05) is 23.8 Å². The molecular weight excluding hydrogens is 208 g/mol. The van der Waals surface area contributed by atoms with Gasteiger partial charge in [-0.3, -0.25) is 4.98 Å². The van der Waals surface area contributed by atoms with Gasteiger partial charge in [-0.05, 0) is 30.5 Å². The molecule has 0 aliphatic rings. The maximum absolute atomic E-state index is 9.56. The minimum atomic E-state index is 0.239. The Bertz CT molecular complexity index is 440. The van der Waals surface area contributed by atoms with Gasteiger partial charge in [0, 0.05) is 16.8 Å². The highest BCUT2D eigenvalue weighted by Gasteiger charge is 2.02. The lowest BCUT2D eigenvalue weighted by molar-refractivity contribution is 0.464. The van der Waals surface area contributed by atoms with Crippen molar-refractivity contribution in [1.29, 1.82) is 0 Å². The summed E-state index contributed by atoms with van der Waals surface area (Å²) in [4.78, 5) is 4.26. The molecule has 15 heavy (non-hydrogen) atoms. The standard InChI is InChI=1S/C11H12N2OS/c1-8-2-3-11(14)10(13-8)6-12-9-4-5-15-7-9/h2-5,7,12,14H,6H2,1H3. The molecule has 0 aliphatic heterocycles. The first kappa shape index (κ1) is 9.98. The predicted molar refractivity (Wildman–Crippen MR) is 62.3 cm³/mol. The third-order valence-electron chi connectivity index (χ3n) is 2.07. The number of pyridine rings is 1. The summed E-state index contributed by atoms with van der Waals surface area (Å²) >= 11 is 1.64. The quantitative estimate of drug-likeness (QED) is 0.836. The van der Waals surface area contributed by atoms with Crippen molar-refractivity contribution in [3.63, 3.8) is 0 Å². The summed E-state index contributed by atoms with van der Waals surface area (Å²) < 4.78 is 0. The fourth-order valence-electron chi connectivity index (χ4n) is 1.28. The minimum Gasteiger partial charge on any atom is -0.506 e. The highest BCUT2D eigenvalue weighted by atomic mass is 32.1. The van der Waals surface area contributed by atoms with E-state index in [2.05, 4.69) is 10.3 Å². The molecule has 0 spiro atoms. The van der Waals surface area contributed by atoms with E-state index in [1.165, 1.54) is 0 Å². The molecule has 78 valence electrons. The van der Waals surface area contributed by atoms with Crippen molar-refractivity contribution in [2.75, 3.05) is 5.32 Å². The zero-order valence-corrected chi connectivity index (χ0v) is 9.21. The molecular formula is C11H12N2OS. The number of aromatic hydroxyl groups is 1. The molecule has 2 heterocycles. The van der Waals surface area contributed by atoms with Crippen LogP contribution in [0.3, 0.4) is 0 Å². The summed E-state index contributed by atoms with van der Waals surface area (Å²) in [6.07, 6.45) is 0. The van der Waals surface area contributed by atoms with E-state index in [0.29, 0.717) is 12.2 Å². The molecule has 2 rings (SSSR count). The topological polar surface area (TPSA) is 45.1 Å². The van der Waals surface area contributed by atoms with E-state index in [9.17, 15) is 5.11 Å². The monoisotopic (exact) mass is 220 g/mol. The third-order valence-corrected chi connectivity index (χ3v) is 2.75. The maximum atomic E-state index is 9.56. The Balaban J connectivity index is 2.07. The van der Waals surface area contributed by atoms with E-state index >= 15 is 0 Å². The minimum absolute atomic E-state index is 0.239. The van der Waals surface area contributed by atoms with Gasteiger partial charge in [0.05, 0.1) is 6.54 Å². The van der Waals surface area contributed by atoms with Crippen molar-refractivity contribution in [3.8, 4) is 5.75 Å². The molecule has 0 radical (unpaired) electrons. The lowest BCUT2D eigenvalue weighted by Crippen LogP contribution is -2.01. The molecule has 4 heteroatoms. The number of hydrogen-bond acceptors (Lipinski definition) is 4. The molecule has 0 unspecified atom stereocenters. The van der Waals surface area contributed by atoms with Crippen molar-refractivity contribution in [3.05, 3.63) is 40.3 Å². The zero-order chi connectivity index (χ0) is 10.7. The number of aromatic nitrogens is 1. The van der Waals surface area contributed by atoms with E-state index in [0.717, 1.165) is 11.4 Å². The Morgan fingerprint density at radius 1 is 1.40 bits per heavy atom. The van der Waals surface area contributed by atoms with Crippen molar-refractivity contribution in [1.82, 2.24) is 4.98 Å². The fraction of sp³-hybridized carbons (Fsp3) is 0.182. The first-order valence-corrected chi connectivity index (χ1v) is 5.61. The van der Waals surface area contributed by atoms with E-state index < -0.39 is 0 Å². The van der Waals surface area contributed by atoms with Gasteiger partial charge in [0.15, 0.2) is 0 Å². The van der Waals surface area contributed by atoms with E-state index in [1.54, 1.807) is 23.5 Å². The summed E-state index contributed by atoms with van der Waals surface area (Å²) in [7, 11) is 0. The van der Waals surface area contributed by atoms with Gasteiger partial charge in [-0.25, -0.2) is 0 Å². The molecule has 0 aromatic carbocycles. The van der Waals surface area contributed by atoms with Crippen molar-refractivity contribution < 1.29 is 5.11 Å². The molecule has 0 saturated carbocycles. The summed E-state index contributed by atoms with van der Waals surface area (Å²) in [5.74, 6) is 0.239. The second-order valence-electron chi connectivity index (χ2n) is 3.28. The number of rotatable bonds is 3. The van der Waals surface area contributed by atoms with Gasteiger partial charge in [-0.15, -0.1) is 0 Å². The number of nitrogens with zero attached hydrogens (tertiary/aromatic N) is 1. The Hall–Kier alpha value is -1.55. The van der Waals surface area contributed by atoms with Crippen LogP contribution < -0.4 is 5.32 Å². The highest BCUT2D eigenvalue weighted by molar-refractivity contribution is 7.08. The number of aryl methyl sites for hydroxylation is 1. The lowest BCUT2D eigenvalue weighted by Gasteiger charge is -2.06. The largest absolute Gasteiger partial charge is 0.506 e. The second-order valence-corrected chi connectivity index (χ2v) is 4.06. The number of nitrogens with one attached hydrogen (secondary N) is 1. The van der Waals surface area contributed by atoms with Gasteiger partial charge in [0.25, 0.3) is 0 Å². The van der Waals surface area contributed by atoms with E-state index in [-0.39, 0.29) is 5.75 Å². The molecule has 0 saturated heterocycles. The molecule has 2 aromatic heterocycles. The lowest BCUT2D eigenvalue weighted by atomic mass is 10.3. The average Bonchev–Trinajstić information content (AvgIpc) is 2.72.